The van der Waals surface area contributed by atoms with Gasteiger partial charge in [-0.25, -0.2) is 4.98 Å². The van der Waals surface area contributed by atoms with E-state index in [1.165, 1.54) is 0 Å². The van der Waals surface area contributed by atoms with Gasteiger partial charge in [0.25, 0.3) is 11.8 Å². The summed E-state index contributed by atoms with van der Waals surface area (Å²) in [7, 11) is 0. The van der Waals surface area contributed by atoms with Crippen LogP contribution in [-0.4, -0.2) is 57.8 Å². The quantitative estimate of drug-likeness (QED) is 0.762. The molecule has 2 heterocycles. The minimum absolute atomic E-state index is 0.00926. The number of amides is 2. The van der Waals surface area contributed by atoms with Crippen LogP contribution in [0.1, 0.15) is 31.8 Å². The highest BCUT2D eigenvalue weighted by Crippen LogP contribution is 2.17. The molecule has 0 unspecified atom stereocenters. The molecule has 2 aromatic carbocycles. The van der Waals surface area contributed by atoms with E-state index in [9.17, 15) is 9.59 Å². The fraction of sp³-hybridized carbons (Fsp3) is 0.286. The summed E-state index contributed by atoms with van der Waals surface area (Å²) < 4.78 is 0. The van der Waals surface area contributed by atoms with Gasteiger partial charge in [-0.15, -0.1) is 0 Å². The number of piperazine rings is 1. The van der Waals surface area contributed by atoms with Crippen molar-refractivity contribution in [2.45, 2.75) is 13.8 Å². The van der Waals surface area contributed by atoms with E-state index in [0.717, 1.165) is 27.7 Å². The number of rotatable bonds is 2. The third-order valence-electron chi connectivity index (χ3n) is 4.99. The van der Waals surface area contributed by atoms with Gasteiger partial charge in [0.15, 0.2) is 0 Å². The Morgan fingerprint density at radius 3 is 2.07 bits per heavy atom. The van der Waals surface area contributed by atoms with E-state index in [0.29, 0.717) is 31.7 Å². The fourth-order valence-corrected chi connectivity index (χ4v) is 3.64. The van der Waals surface area contributed by atoms with Crippen LogP contribution in [0.15, 0.2) is 42.7 Å². The average Bonchev–Trinajstić information content (AvgIpc) is 3.14. The molecule has 1 aromatic heterocycles. The minimum atomic E-state index is -0.00926. The van der Waals surface area contributed by atoms with Gasteiger partial charge < -0.3 is 14.8 Å². The van der Waals surface area contributed by atoms with Crippen LogP contribution in [0.25, 0.3) is 11.0 Å². The Bertz CT molecular complexity index is 996. The molecule has 1 saturated heterocycles. The first-order chi connectivity index (χ1) is 13.0. The Hall–Kier alpha value is -3.15. The first-order valence-electron chi connectivity index (χ1n) is 9.11. The van der Waals surface area contributed by atoms with Gasteiger partial charge in [0.05, 0.1) is 17.4 Å². The summed E-state index contributed by atoms with van der Waals surface area (Å²) in [6, 6.07) is 11.4. The second-order valence-electron chi connectivity index (χ2n) is 7.10. The molecule has 3 aromatic rings. The lowest BCUT2D eigenvalue weighted by Gasteiger charge is -2.35. The van der Waals surface area contributed by atoms with Crippen LogP contribution in [0, 0.1) is 13.8 Å². The molecular formula is C21H22N4O2. The van der Waals surface area contributed by atoms with Crippen LogP contribution in [0.4, 0.5) is 0 Å². The predicted octanol–water partition coefficient (Wildman–Crippen LogP) is 2.78. The monoisotopic (exact) mass is 362 g/mol. The highest BCUT2D eigenvalue weighted by Gasteiger charge is 2.25. The lowest BCUT2D eigenvalue weighted by molar-refractivity contribution is 0.0535. The van der Waals surface area contributed by atoms with Gasteiger partial charge >= 0.3 is 0 Å². The molecule has 1 fully saturated rings. The summed E-state index contributed by atoms with van der Waals surface area (Å²) >= 11 is 0. The van der Waals surface area contributed by atoms with Gasteiger partial charge in [0.2, 0.25) is 0 Å². The van der Waals surface area contributed by atoms with Crippen LogP contribution in [0.3, 0.4) is 0 Å². The van der Waals surface area contributed by atoms with Crippen LogP contribution < -0.4 is 0 Å². The van der Waals surface area contributed by atoms with Gasteiger partial charge in [-0.3, -0.25) is 9.59 Å². The molecule has 1 aliphatic rings. The maximum absolute atomic E-state index is 12.8. The Labute approximate surface area is 157 Å². The second-order valence-corrected chi connectivity index (χ2v) is 7.10. The molecule has 6 nitrogen and oxygen atoms in total. The van der Waals surface area contributed by atoms with Crippen molar-refractivity contribution in [2.24, 2.45) is 0 Å². The van der Waals surface area contributed by atoms with Gasteiger partial charge in [0, 0.05) is 37.3 Å². The van der Waals surface area contributed by atoms with Crippen LogP contribution in [0.5, 0.6) is 0 Å². The SMILES string of the molecule is Cc1cc(C)cc(C(=O)N2CCN(C(=O)c3ccc4nc[nH]c4c3)CC2)c1. The number of imidazole rings is 1. The van der Waals surface area contributed by atoms with E-state index < -0.39 is 0 Å². The van der Waals surface area contributed by atoms with Crippen molar-refractivity contribution in [3.05, 3.63) is 65.0 Å². The highest BCUT2D eigenvalue weighted by molar-refractivity contribution is 5.98. The number of hydrogen-bond donors (Lipinski definition) is 1. The summed E-state index contributed by atoms with van der Waals surface area (Å²) in [5, 5.41) is 0. The number of carbonyl (C=O) groups is 2. The predicted molar refractivity (Wildman–Crippen MR) is 104 cm³/mol. The number of carbonyl (C=O) groups excluding carboxylic acids is 2. The number of hydrogen-bond acceptors (Lipinski definition) is 3. The molecule has 1 aliphatic heterocycles. The second kappa shape index (κ2) is 6.87. The molecule has 2 amide bonds. The molecule has 0 saturated carbocycles. The summed E-state index contributed by atoms with van der Waals surface area (Å²) in [6.45, 7) is 6.16. The van der Waals surface area contributed by atoms with E-state index >= 15 is 0 Å². The lowest BCUT2D eigenvalue weighted by Crippen LogP contribution is -2.50. The number of nitrogens with one attached hydrogen (secondary N) is 1. The molecule has 4 rings (SSSR count). The molecule has 6 heteroatoms. The van der Waals surface area contributed by atoms with Gasteiger partial charge in [-0.2, -0.15) is 0 Å². The summed E-state index contributed by atoms with van der Waals surface area (Å²) in [4.78, 5) is 36.4. The van der Waals surface area contributed by atoms with Crippen LogP contribution >= 0.6 is 0 Å². The van der Waals surface area contributed by atoms with Crippen LogP contribution in [-0.2, 0) is 0 Å². The first kappa shape index (κ1) is 17.3. The Kier molecular flexibility index (Phi) is 4.39. The van der Waals surface area contributed by atoms with Crippen molar-refractivity contribution in [3.63, 3.8) is 0 Å². The van der Waals surface area contributed by atoms with Crippen molar-refractivity contribution >= 4 is 22.8 Å². The number of nitrogens with zero attached hydrogens (tertiary/aromatic N) is 3. The van der Waals surface area contributed by atoms with Gasteiger partial charge in [-0.1, -0.05) is 17.2 Å². The van der Waals surface area contributed by atoms with Crippen molar-refractivity contribution in [1.29, 1.82) is 0 Å². The molecule has 0 aliphatic carbocycles. The number of aryl methyl sites for hydroxylation is 2. The minimum Gasteiger partial charge on any atom is -0.345 e. The average molecular weight is 362 g/mol. The number of fused-ring (bicyclic) bond motifs is 1. The van der Waals surface area contributed by atoms with Crippen molar-refractivity contribution in [3.8, 4) is 0 Å². The van der Waals surface area contributed by atoms with E-state index in [1.54, 1.807) is 12.4 Å². The summed E-state index contributed by atoms with van der Waals surface area (Å²) in [5.41, 5.74) is 5.22. The Balaban J connectivity index is 1.43. The van der Waals surface area contributed by atoms with E-state index in [-0.39, 0.29) is 11.8 Å². The smallest absolute Gasteiger partial charge is 0.254 e. The number of aromatic nitrogens is 2. The molecule has 1 N–H and O–H groups in total. The normalized spacial score (nSPS) is 14.6. The van der Waals surface area contributed by atoms with Crippen molar-refractivity contribution < 1.29 is 9.59 Å². The summed E-state index contributed by atoms with van der Waals surface area (Å²) in [6.07, 6.45) is 1.62. The Morgan fingerprint density at radius 2 is 1.44 bits per heavy atom. The van der Waals surface area contributed by atoms with E-state index in [2.05, 4.69) is 16.0 Å². The van der Waals surface area contributed by atoms with Gasteiger partial charge in [0.1, 0.15) is 0 Å². The lowest BCUT2D eigenvalue weighted by atomic mass is 10.1. The molecular weight excluding hydrogens is 340 g/mol. The maximum Gasteiger partial charge on any atom is 0.254 e. The maximum atomic E-state index is 12.8. The van der Waals surface area contributed by atoms with Crippen LogP contribution in [0.2, 0.25) is 0 Å². The molecule has 0 radical (unpaired) electrons. The first-order valence-corrected chi connectivity index (χ1v) is 9.11. The molecule has 0 bridgehead atoms. The molecule has 0 atom stereocenters. The zero-order valence-corrected chi connectivity index (χ0v) is 15.5. The van der Waals surface area contributed by atoms with Gasteiger partial charge in [-0.05, 0) is 44.2 Å². The number of aromatic amines is 1. The largest absolute Gasteiger partial charge is 0.345 e. The zero-order chi connectivity index (χ0) is 19.0. The number of H-pyrrole nitrogens is 1. The third kappa shape index (κ3) is 3.43. The molecule has 27 heavy (non-hydrogen) atoms. The van der Waals surface area contributed by atoms with Crippen molar-refractivity contribution in [1.82, 2.24) is 19.8 Å². The Morgan fingerprint density at radius 1 is 0.852 bits per heavy atom. The number of benzene rings is 2. The zero-order valence-electron chi connectivity index (χ0n) is 15.5. The standard InChI is InChI=1S/C21H22N4O2/c1-14-9-15(2)11-17(10-14)21(27)25-7-5-24(6-8-25)20(26)16-3-4-18-19(12-16)23-13-22-18/h3-4,9-13H,5-8H2,1-2H3,(H,22,23). The third-order valence-corrected chi connectivity index (χ3v) is 4.99. The highest BCUT2D eigenvalue weighted by atomic mass is 16.2. The topological polar surface area (TPSA) is 69.3 Å². The summed E-state index contributed by atoms with van der Waals surface area (Å²) in [5.74, 6) is 0.0257. The fourth-order valence-electron chi connectivity index (χ4n) is 3.64. The molecule has 0 spiro atoms. The van der Waals surface area contributed by atoms with Crippen molar-refractivity contribution in [2.75, 3.05) is 26.2 Å². The van der Waals surface area contributed by atoms with E-state index in [4.69, 9.17) is 0 Å². The van der Waals surface area contributed by atoms with E-state index in [1.807, 2.05) is 47.9 Å². The molecule has 138 valence electrons.